The number of aliphatic hydroxyl groups is 1. The van der Waals surface area contributed by atoms with E-state index in [1.54, 1.807) is 0 Å². The lowest BCUT2D eigenvalue weighted by molar-refractivity contribution is -0.113. The molecule has 3 nitrogen and oxygen atoms in total. The summed E-state index contributed by atoms with van der Waals surface area (Å²) in [6, 6.07) is -0.0972. The SMILES string of the molecule is CC(C)(C)N1CC(O)CC1C=O. The van der Waals surface area contributed by atoms with Gasteiger partial charge in [0.05, 0.1) is 12.1 Å². The predicted octanol–water partition coefficient (Wildman–Crippen LogP) is 0.419. The number of nitrogens with zero attached hydrogens (tertiary/aromatic N) is 1. The van der Waals surface area contributed by atoms with Crippen LogP contribution in [0.5, 0.6) is 0 Å². The van der Waals surface area contributed by atoms with Crippen molar-refractivity contribution < 1.29 is 9.90 Å². The van der Waals surface area contributed by atoms with Gasteiger partial charge in [-0.25, -0.2) is 0 Å². The van der Waals surface area contributed by atoms with Crippen LogP contribution in [0.3, 0.4) is 0 Å². The van der Waals surface area contributed by atoms with E-state index in [4.69, 9.17) is 0 Å². The Labute approximate surface area is 73.4 Å². The molecule has 70 valence electrons. The van der Waals surface area contributed by atoms with Crippen molar-refractivity contribution in [2.45, 2.75) is 44.9 Å². The van der Waals surface area contributed by atoms with Crippen molar-refractivity contribution in [3.63, 3.8) is 0 Å². The van der Waals surface area contributed by atoms with Gasteiger partial charge < -0.3 is 9.90 Å². The smallest absolute Gasteiger partial charge is 0.137 e. The molecule has 0 radical (unpaired) electrons. The predicted molar refractivity (Wildman–Crippen MR) is 46.9 cm³/mol. The molecule has 1 N–H and O–H groups in total. The van der Waals surface area contributed by atoms with Crippen molar-refractivity contribution in [2.75, 3.05) is 6.54 Å². The summed E-state index contributed by atoms with van der Waals surface area (Å²) in [5.41, 5.74) is -0.0247. The van der Waals surface area contributed by atoms with Gasteiger partial charge in [-0.2, -0.15) is 0 Å². The number of hydrogen-bond donors (Lipinski definition) is 1. The minimum atomic E-state index is -0.334. The number of aldehydes is 1. The maximum absolute atomic E-state index is 10.7. The second-order valence-corrected chi connectivity index (χ2v) is 4.42. The van der Waals surface area contributed by atoms with Crippen LogP contribution in [0.1, 0.15) is 27.2 Å². The molecular weight excluding hydrogens is 154 g/mol. The molecule has 1 heterocycles. The van der Waals surface area contributed by atoms with E-state index in [1.807, 2.05) is 4.90 Å². The van der Waals surface area contributed by atoms with Gasteiger partial charge in [-0.3, -0.25) is 4.90 Å². The van der Waals surface area contributed by atoms with Crippen LogP contribution in [-0.2, 0) is 4.79 Å². The lowest BCUT2D eigenvalue weighted by atomic mass is 10.1. The maximum Gasteiger partial charge on any atom is 0.137 e. The van der Waals surface area contributed by atoms with Crippen LogP contribution >= 0.6 is 0 Å². The van der Waals surface area contributed by atoms with E-state index in [0.29, 0.717) is 13.0 Å². The van der Waals surface area contributed by atoms with Crippen LogP contribution in [0, 0.1) is 0 Å². The third kappa shape index (κ3) is 1.84. The number of β-amino-alcohol motifs (C(OH)–C–C–N with tert-alkyl or cyclic N) is 1. The van der Waals surface area contributed by atoms with Crippen molar-refractivity contribution in [2.24, 2.45) is 0 Å². The zero-order valence-electron chi connectivity index (χ0n) is 7.95. The van der Waals surface area contributed by atoms with Gasteiger partial charge in [0, 0.05) is 12.1 Å². The Morgan fingerprint density at radius 3 is 2.42 bits per heavy atom. The summed E-state index contributed by atoms with van der Waals surface area (Å²) in [7, 11) is 0. The highest BCUT2D eigenvalue weighted by Gasteiger charge is 2.36. The minimum Gasteiger partial charge on any atom is -0.392 e. The molecule has 1 fully saturated rings. The number of likely N-dealkylation sites (tertiary alicyclic amines) is 1. The molecule has 1 saturated heterocycles. The van der Waals surface area contributed by atoms with E-state index >= 15 is 0 Å². The molecule has 1 rings (SSSR count). The third-order valence-corrected chi connectivity index (χ3v) is 2.34. The lowest BCUT2D eigenvalue weighted by Gasteiger charge is -2.34. The molecule has 0 saturated carbocycles. The summed E-state index contributed by atoms with van der Waals surface area (Å²) in [5.74, 6) is 0. The number of carbonyl (C=O) groups is 1. The van der Waals surface area contributed by atoms with Crippen molar-refractivity contribution in [3.05, 3.63) is 0 Å². The number of carbonyl (C=O) groups excluding carboxylic acids is 1. The van der Waals surface area contributed by atoms with Crippen LogP contribution in [0.2, 0.25) is 0 Å². The van der Waals surface area contributed by atoms with Gasteiger partial charge in [0.25, 0.3) is 0 Å². The fourth-order valence-corrected chi connectivity index (χ4v) is 1.74. The number of hydrogen-bond acceptors (Lipinski definition) is 3. The fourth-order valence-electron chi connectivity index (χ4n) is 1.74. The highest BCUT2D eigenvalue weighted by molar-refractivity contribution is 5.58. The minimum absolute atomic E-state index is 0.0247. The molecule has 1 aliphatic rings. The normalized spacial score (nSPS) is 32.3. The topological polar surface area (TPSA) is 40.5 Å². The van der Waals surface area contributed by atoms with E-state index in [0.717, 1.165) is 6.29 Å². The Balaban J connectivity index is 2.70. The van der Waals surface area contributed by atoms with Gasteiger partial charge >= 0.3 is 0 Å². The van der Waals surface area contributed by atoms with Crippen molar-refractivity contribution in [1.29, 1.82) is 0 Å². The van der Waals surface area contributed by atoms with Gasteiger partial charge in [0.1, 0.15) is 6.29 Å². The number of rotatable bonds is 1. The Bertz CT molecular complexity index is 174. The molecule has 0 aliphatic carbocycles. The first-order chi connectivity index (χ1) is 5.45. The molecule has 0 bridgehead atoms. The maximum atomic E-state index is 10.7. The first-order valence-electron chi connectivity index (χ1n) is 4.35. The van der Waals surface area contributed by atoms with Gasteiger partial charge in [-0.1, -0.05) is 0 Å². The van der Waals surface area contributed by atoms with Crippen molar-refractivity contribution >= 4 is 6.29 Å². The van der Waals surface area contributed by atoms with E-state index in [-0.39, 0.29) is 17.7 Å². The van der Waals surface area contributed by atoms with Crippen LogP contribution in [0.15, 0.2) is 0 Å². The standard InChI is InChI=1S/C9H17NO2/c1-9(2,3)10-5-8(12)4-7(10)6-11/h6-8,12H,4-5H2,1-3H3. The molecule has 0 aromatic carbocycles. The van der Waals surface area contributed by atoms with Gasteiger partial charge in [-0.15, -0.1) is 0 Å². The quantitative estimate of drug-likeness (QED) is 0.581. The molecule has 12 heavy (non-hydrogen) atoms. The molecule has 0 amide bonds. The van der Waals surface area contributed by atoms with Crippen LogP contribution in [-0.4, -0.2) is 40.5 Å². The summed E-state index contributed by atoms with van der Waals surface area (Å²) >= 11 is 0. The molecule has 0 spiro atoms. The Morgan fingerprint density at radius 1 is 1.50 bits per heavy atom. The van der Waals surface area contributed by atoms with Crippen molar-refractivity contribution in [3.8, 4) is 0 Å². The van der Waals surface area contributed by atoms with Gasteiger partial charge in [-0.05, 0) is 27.2 Å². The van der Waals surface area contributed by atoms with E-state index in [2.05, 4.69) is 20.8 Å². The molecule has 1 aliphatic heterocycles. The Hall–Kier alpha value is -0.410. The molecular formula is C9H17NO2. The zero-order valence-corrected chi connectivity index (χ0v) is 7.95. The van der Waals surface area contributed by atoms with Crippen LogP contribution in [0.25, 0.3) is 0 Å². The Morgan fingerprint density at radius 2 is 2.08 bits per heavy atom. The van der Waals surface area contributed by atoms with Crippen LogP contribution in [0.4, 0.5) is 0 Å². The second kappa shape index (κ2) is 3.15. The Kier molecular flexibility index (Phi) is 2.54. The lowest BCUT2D eigenvalue weighted by Crippen LogP contribution is -2.45. The third-order valence-electron chi connectivity index (χ3n) is 2.34. The fraction of sp³-hybridized carbons (Fsp3) is 0.889. The average molecular weight is 171 g/mol. The summed E-state index contributed by atoms with van der Waals surface area (Å²) in [6.07, 6.45) is 1.18. The first kappa shape index (κ1) is 9.68. The summed E-state index contributed by atoms with van der Waals surface area (Å²) in [6.45, 7) is 6.79. The van der Waals surface area contributed by atoms with Crippen LogP contribution < -0.4 is 0 Å². The van der Waals surface area contributed by atoms with E-state index < -0.39 is 0 Å². The second-order valence-electron chi connectivity index (χ2n) is 4.42. The number of aliphatic hydroxyl groups excluding tert-OH is 1. The zero-order chi connectivity index (χ0) is 9.35. The average Bonchev–Trinajstić information content (AvgIpc) is 2.29. The highest BCUT2D eigenvalue weighted by atomic mass is 16.3. The molecule has 0 aromatic heterocycles. The molecule has 2 atom stereocenters. The molecule has 3 heteroatoms. The van der Waals surface area contributed by atoms with Gasteiger partial charge in [0.15, 0.2) is 0 Å². The first-order valence-corrected chi connectivity index (χ1v) is 4.35. The van der Waals surface area contributed by atoms with Crippen molar-refractivity contribution in [1.82, 2.24) is 4.90 Å². The van der Waals surface area contributed by atoms with E-state index in [9.17, 15) is 9.90 Å². The molecule has 2 unspecified atom stereocenters. The molecule has 0 aromatic rings. The van der Waals surface area contributed by atoms with Gasteiger partial charge in [0.2, 0.25) is 0 Å². The summed E-state index contributed by atoms with van der Waals surface area (Å²) in [4.78, 5) is 12.7. The van der Waals surface area contributed by atoms with E-state index in [1.165, 1.54) is 0 Å². The highest BCUT2D eigenvalue weighted by Crippen LogP contribution is 2.25. The summed E-state index contributed by atoms with van der Waals surface area (Å²) < 4.78 is 0. The largest absolute Gasteiger partial charge is 0.392 e. The monoisotopic (exact) mass is 171 g/mol. The summed E-state index contributed by atoms with van der Waals surface area (Å²) in [5, 5.41) is 9.36.